The molecule has 8 nitrogen and oxygen atoms in total. The Labute approximate surface area is 122 Å². The zero-order chi connectivity index (χ0) is 15.4. The van der Waals surface area contributed by atoms with Gasteiger partial charge >= 0.3 is 5.97 Å². The standard InChI is InChI=1S/C13H20N4O4/c1-8(13(19)20-3)7-17(2)12(18)10-15-11(21-16-10)9-5-4-6-14-9/h8-9,14H,4-7H2,1-3H3. The molecular weight excluding hydrogens is 276 g/mol. The van der Waals surface area contributed by atoms with E-state index in [-0.39, 0.29) is 30.3 Å². The van der Waals surface area contributed by atoms with Crippen molar-refractivity contribution in [2.75, 3.05) is 27.2 Å². The number of carbonyl (C=O) groups excluding carboxylic acids is 2. The van der Waals surface area contributed by atoms with Crippen molar-refractivity contribution in [2.24, 2.45) is 5.92 Å². The smallest absolute Gasteiger partial charge is 0.310 e. The summed E-state index contributed by atoms with van der Waals surface area (Å²) < 4.78 is 9.77. The Morgan fingerprint density at radius 1 is 1.57 bits per heavy atom. The van der Waals surface area contributed by atoms with Gasteiger partial charge in [-0.25, -0.2) is 0 Å². The minimum absolute atomic E-state index is 0.0123. The van der Waals surface area contributed by atoms with E-state index in [9.17, 15) is 9.59 Å². The molecular formula is C13H20N4O4. The molecule has 1 aromatic rings. The predicted octanol–water partition coefficient (Wildman–Crippen LogP) is 0.375. The van der Waals surface area contributed by atoms with E-state index in [1.165, 1.54) is 12.0 Å². The number of hydrogen-bond acceptors (Lipinski definition) is 7. The van der Waals surface area contributed by atoms with Crippen molar-refractivity contribution in [3.8, 4) is 0 Å². The third-order valence-corrected chi connectivity index (χ3v) is 3.49. The summed E-state index contributed by atoms with van der Waals surface area (Å²) in [5.74, 6) is -0.701. The van der Waals surface area contributed by atoms with Crippen molar-refractivity contribution >= 4 is 11.9 Å². The molecule has 116 valence electrons. The van der Waals surface area contributed by atoms with E-state index < -0.39 is 5.92 Å². The lowest BCUT2D eigenvalue weighted by Gasteiger charge is -2.18. The summed E-state index contributed by atoms with van der Waals surface area (Å²) >= 11 is 0. The molecule has 0 aromatic carbocycles. The van der Waals surface area contributed by atoms with Crippen molar-refractivity contribution in [2.45, 2.75) is 25.8 Å². The Morgan fingerprint density at radius 3 is 2.95 bits per heavy atom. The highest BCUT2D eigenvalue weighted by Gasteiger charge is 2.26. The monoisotopic (exact) mass is 296 g/mol. The van der Waals surface area contributed by atoms with Crippen molar-refractivity contribution < 1.29 is 18.8 Å². The number of methoxy groups -OCH3 is 1. The van der Waals surface area contributed by atoms with Crippen molar-refractivity contribution in [1.29, 1.82) is 0 Å². The fourth-order valence-corrected chi connectivity index (χ4v) is 2.30. The van der Waals surface area contributed by atoms with Gasteiger partial charge in [0.25, 0.3) is 11.7 Å². The molecule has 1 aromatic heterocycles. The van der Waals surface area contributed by atoms with Crippen LogP contribution in [0.15, 0.2) is 4.52 Å². The predicted molar refractivity (Wildman–Crippen MR) is 72.4 cm³/mol. The molecule has 0 aliphatic carbocycles. The zero-order valence-electron chi connectivity index (χ0n) is 12.5. The maximum Gasteiger partial charge on any atom is 0.310 e. The van der Waals surface area contributed by atoms with Crippen molar-refractivity contribution in [1.82, 2.24) is 20.4 Å². The molecule has 1 saturated heterocycles. The average Bonchev–Trinajstić information content (AvgIpc) is 3.15. The number of nitrogens with one attached hydrogen (secondary N) is 1. The minimum atomic E-state index is -0.410. The summed E-state index contributed by atoms with van der Waals surface area (Å²) in [5, 5.41) is 6.95. The number of carbonyl (C=O) groups is 2. The molecule has 0 bridgehead atoms. The zero-order valence-corrected chi connectivity index (χ0v) is 12.5. The summed E-state index contributed by atoms with van der Waals surface area (Å²) in [4.78, 5) is 29.1. The molecule has 1 N–H and O–H groups in total. The number of aromatic nitrogens is 2. The SMILES string of the molecule is COC(=O)C(C)CN(C)C(=O)c1noc(C2CCCN2)n1. The van der Waals surface area contributed by atoms with Gasteiger partial charge in [-0.2, -0.15) is 4.98 Å². The maximum atomic E-state index is 12.2. The molecule has 8 heteroatoms. The van der Waals surface area contributed by atoms with Gasteiger partial charge in [0.05, 0.1) is 19.1 Å². The minimum Gasteiger partial charge on any atom is -0.469 e. The van der Waals surface area contributed by atoms with E-state index in [0.29, 0.717) is 5.89 Å². The fraction of sp³-hybridized carbons (Fsp3) is 0.692. The Balaban J connectivity index is 1.97. The number of esters is 1. The van der Waals surface area contributed by atoms with E-state index in [1.54, 1.807) is 14.0 Å². The van der Waals surface area contributed by atoms with Crippen LogP contribution in [0.5, 0.6) is 0 Å². The lowest BCUT2D eigenvalue weighted by molar-refractivity contribution is -0.145. The second-order valence-corrected chi connectivity index (χ2v) is 5.22. The van der Waals surface area contributed by atoms with Gasteiger partial charge in [-0.1, -0.05) is 12.1 Å². The van der Waals surface area contributed by atoms with Crippen LogP contribution in [0.2, 0.25) is 0 Å². The first-order valence-corrected chi connectivity index (χ1v) is 6.93. The Bertz CT molecular complexity index is 510. The topological polar surface area (TPSA) is 97.6 Å². The van der Waals surface area contributed by atoms with E-state index >= 15 is 0 Å². The van der Waals surface area contributed by atoms with E-state index in [4.69, 9.17) is 4.52 Å². The summed E-state index contributed by atoms with van der Waals surface area (Å²) in [5.41, 5.74) is 0. The Morgan fingerprint density at radius 2 is 2.33 bits per heavy atom. The fourth-order valence-electron chi connectivity index (χ4n) is 2.30. The lowest BCUT2D eigenvalue weighted by atomic mass is 10.2. The quantitative estimate of drug-likeness (QED) is 0.784. The number of rotatable bonds is 5. The first-order chi connectivity index (χ1) is 10.0. The molecule has 0 spiro atoms. The number of hydrogen-bond donors (Lipinski definition) is 1. The van der Waals surface area contributed by atoms with Crippen LogP contribution in [0.1, 0.15) is 42.3 Å². The molecule has 1 aliphatic rings. The number of nitrogens with zero attached hydrogens (tertiary/aromatic N) is 3. The van der Waals surface area contributed by atoms with Gasteiger partial charge in [0.1, 0.15) is 0 Å². The van der Waals surface area contributed by atoms with Crippen LogP contribution in [-0.4, -0.2) is 54.2 Å². The number of amides is 1. The molecule has 1 fully saturated rings. The molecule has 0 radical (unpaired) electrons. The molecule has 2 heterocycles. The number of ether oxygens (including phenoxy) is 1. The van der Waals surface area contributed by atoms with Crippen LogP contribution in [-0.2, 0) is 9.53 Å². The van der Waals surface area contributed by atoms with Gasteiger partial charge in [0.15, 0.2) is 0 Å². The third kappa shape index (κ3) is 3.57. The van der Waals surface area contributed by atoms with Gasteiger partial charge in [-0.3, -0.25) is 9.59 Å². The van der Waals surface area contributed by atoms with Crippen LogP contribution in [0.25, 0.3) is 0 Å². The summed E-state index contributed by atoms with van der Waals surface area (Å²) in [7, 11) is 2.91. The van der Waals surface area contributed by atoms with E-state index in [1.807, 2.05) is 0 Å². The molecule has 2 atom stereocenters. The summed E-state index contributed by atoms with van der Waals surface area (Å²) in [6, 6.07) is 0.0262. The summed E-state index contributed by atoms with van der Waals surface area (Å²) in [6.45, 7) is 2.84. The van der Waals surface area contributed by atoms with Crippen LogP contribution < -0.4 is 5.32 Å². The van der Waals surface area contributed by atoms with Gasteiger partial charge in [-0.15, -0.1) is 0 Å². The first kappa shape index (κ1) is 15.4. The highest BCUT2D eigenvalue weighted by Crippen LogP contribution is 2.21. The van der Waals surface area contributed by atoms with Crippen molar-refractivity contribution in [3.63, 3.8) is 0 Å². The first-order valence-electron chi connectivity index (χ1n) is 6.93. The molecule has 2 rings (SSSR count). The van der Waals surface area contributed by atoms with Crippen LogP contribution in [0, 0.1) is 5.92 Å². The van der Waals surface area contributed by atoms with E-state index in [2.05, 4.69) is 20.2 Å². The summed E-state index contributed by atoms with van der Waals surface area (Å²) in [6.07, 6.45) is 1.97. The van der Waals surface area contributed by atoms with Crippen LogP contribution in [0.3, 0.4) is 0 Å². The highest BCUT2D eigenvalue weighted by molar-refractivity contribution is 5.90. The highest BCUT2D eigenvalue weighted by atomic mass is 16.5. The van der Waals surface area contributed by atoms with E-state index in [0.717, 1.165) is 19.4 Å². The second kappa shape index (κ2) is 6.66. The molecule has 0 saturated carbocycles. The lowest BCUT2D eigenvalue weighted by Crippen LogP contribution is -2.34. The van der Waals surface area contributed by atoms with Crippen LogP contribution in [0.4, 0.5) is 0 Å². The van der Waals surface area contributed by atoms with Gasteiger partial charge < -0.3 is 19.5 Å². The average molecular weight is 296 g/mol. The maximum absolute atomic E-state index is 12.2. The van der Waals surface area contributed by atoms with Crippen LogP contribution >= 0.6 is 0 Å². The largest absolute Gasteiger partial charge is 0.469 e. The molecule has 21 heavy (non-hydrogen) atoms. The van der Waals surface area contributed by atoms with Gasteiger partial charge in [0, 0.05) is 13.6 Å². The normalized spacial score (nSPS) is 19.3. The Kier molecular flexibility index (Phi) is 4.89. The van der Waals surface area contributed by atoms with Gasteiger partial charge in [-0.05, 0) is 19.4 Å². The third-order valence-electron chi connectivity index (χ3n) is 3.49. The van der Waals surface area contributed by atoms with Gasteiger partial charge in [0.2, 0.25) is 5.89 Å². The molecule has 1 aliphatic heterocycles. The Hall–Kier alpha value is -1.96. The molecule has 2 unspecified atom stereocenters. The molecule has 1 amide bonds. The van der Waals surface area contributed by atoms with Crippen molar-refractivity contribution in [3.05, 3.63) is 11.7 Å². The second-order valence-electron chi connectivity index (χ2n) is 5.22.